The normalized spacial score (nSPS) is 16.1. The number of alkyl halides is 2. The summed E-state index contributed by atoms with van der Waals surface area (Å²) in [6.07, 6.45) is 0. The highest BCUT2D eigenvalue weighted by atomic mass is 32.2. The molecule has 1 saturated heterocycles. The van der Waals surface area contributed by atoms with Crippen molar-refractivity contribution in [3.63, 3.8) is 0 Å². The van der Waals surface area contributed by atoms with E-state index in [2.05, 4.69) is 31.9 Å². The van der Waals surface area contributed by atoms with E-state index in [9.17, 15) is 13.6 Å². The summed E-state index contributed by atoms with van der Waals surface area (Å²) >= 11 is 2.15. The number of hydrogen-bond acceptors (Lipinski definition) is 5. The van der Waals surface area contributed by atoms with Crippen molar-refractivity contribution in [2.24, 2.45) is 0 Å². The number of nitrogens with zero attached hydrogens (tertiary/aromatic N) is 2. The number of para-hydroxylation sites is 1. The van der Waals surface area contributed by atoms with Crippen LogP contribution in [0.1, 0.15) is 5.56 Å². The Hall–Kier alpha value is -1.48. The van der Waals surface area contributed by atoms with Crippen LogP contribution in [0.15, 0.2) is 46.0 Å². The smallest absolute Gasteiger partial charge is 0.288 e. The zero-order valence-electron chi connectivity index (χ0n) is 14.2. The summed E-state index contributed by atoms with van der Waals surface area (Å²) < 4.78 is 25.2. The number of carbonyl (C=O) groups excluding carboxylic acids is 1. The molecule has 1 aromatic carbocycles. The van der Waals surface area contributed by atoms with E-state index in [-0.39, 0.29) is 12.5 Å². The molecular formula is C18H21F2N3OS2. The Balaban J connectivity index is 1.46. The SMILES string of the molecule is O=C(CN1CCN(Cc2ccsc2)CC1)Nc1ccccc1SC(F)F. The summed E-state index contributed by atoms with van der Waals surface area (Å²) in [6.45, 7) is 4.71. The molecular weight excluding hydrogens is 376 g/mol. The number of anilines is 1. The standard InChI is InChI=1S/C18H21F2N3OS2/c19-18(20)26-16-4-2-1-3-15(16)21-17(24)12-23-8-6-22(7-9-23)11-14-5-10-25-13-14/h1-5,10,13,18H,6-9,11-12H2,(H,21,24). The largest absolute Gasteiger partial charge is 0.324 e. The van der Waals surface area contributed by atoms with Crippen LogP contribution in [0.4, 0.5) is 14.5 Å². The number of benzene rings is 1. The molecule has 1 N–H and O–H groups in total. The second-order valence-electron chi connectivity index (χ2n) is 6.11. The van der Waals surface area contributed by atoms with E-state index in [0.717, 1.165) is 32.7 Å². The van der Waals surface area contributed by atoms with Gasteiger partial charge in [0.2, 0.25) is 5.91 Å². The van der Waals surface area contributed by atoms with E-state index in [1.165, 1.54) is 5.56 Å². The number of nitrogens with one attached hydrogen (secondary N) is 1. The lowest BCUT2D eigenvalue weighted by Gasteiger charge is -2.34. The van der Waals surface area contributed by atoms with Crippen LogP contribution in [0.2, 0.25) is 0 Å². The van der Waals surface area contributed by atoms with Gasteiger partial charge in [-0.05, 0) is 34.5 Å². The van der Waals surface area contributed by atoms with Crippen LogP contribution in [0, 0.1) is 0 Å². The molecule has 4 nitrogen and oxygen atoms in total. The molecule has 0 radical (unpaired) electrons. The molecule has 0 atom stereocenters. The predicted octanol–water partition coefficient (Wildman–Crippen LogP) is 3.82. The molecule has 1 fully saturated rings. The van der Waals surface area contributed by atoms with Crippen LogP contribution >= 0.6 is 23.1 Å². The van der Waals surface area contributed by atoms with Gasteiger partial charge in [0.05, 0.1) is 12.2 Å². The zero-order chi connectivity index (χ0) is 18.4. The third-order valence-corrected chi connectivity index (χ3v) is 5.72. The lowest BCUT2D eigenvalue weighted by atomic mass is 10.2. The van der Waals surface area contributed by atoms with Gasteiger partial charge in [0.15, 0.2) is 0 Å². The van der Waals surface area contributed by atoms with E-state index >= 15 is 0 Å². The Bertz CT molecular complexity index is 704. The Morgan fingerprint density at radius 3 is 2.58 bits per heavy atom. The molecule has 26 heavy (non-hydrogen) atoms. The Labute approximate surface area is 160 Å². The van der Waals surface area contributed by atoms with Crippen molar-refractivity contribution in [2.45, 2.75) is 17.2 Å². The van der Waals surface area contributed by atoms with Crippen molar-refractivity contribution in [3.8, 4) is 0 Å². The Morgan fingerprint density at radius 1 is 1.15 bits per heavy atom. The van der Waals surface area contributed by atoms with Crippen molar-refractivity contribution in [1.82, 2.24) is 9.80 Å². The third-order valence-electron chi connectivity index (χ3n) is 4.20. The highest BCUT2D eigenvalue weighted by molar-refractivity contribution is 7.99. The van der Waals surface area contributed by atoms with E-state index in [1.54, 1.807) is 35.6 Å². The van der Waals surface area contributed by atoms with Gasteiger partial charge in [-0.3, -0.25) is 14.6 Å². The quantitative estimate of drug-likeness (QED) is 0.721. The van der Waals surface area contributed by atoms with Gasteiger partial charge in [-0.1, -0.05) is 23.9 Å². The minimum absolute atomic E-state index is 0.168. The minimum Gasteiger partial charge on any atom is -0.324 e. The fourth-order valence-electron chi connectivity index (χ4n) is 2.91. The van der Waals surface area contributed by atoms with E-state index in [1.807, 2.05) is 0 Å². The molecule has 2 heterocycles. The monoisotopic (exact) mass is 397 g/mol. The first kappa shape index (κ1) is 19.3. The second-order valence-corrected chi connectivity index (χ2v) is 7.92. The van der Waals surface area contributed by atoms with Crippen molar-refractivity contribution < 1.29 is 13.6 Å². The van der Waals surface area contributed by atoms with Crippen molar-refractivity contribution in [3.05, 3.63) is 46.7 Å². The maximum atomic E-state index is 12.6. The number of halogens is 2. The van der Waals surface area contributed by atoms with Crippen LogP contribution in [0.25, 0.3) is 0 Å². The fourth-order valence-corrected chi connectivity index (χ4v) is 4.16. The molecule has 1 aliphatic rings. The van der Waals surface area contributed by atoms with Gasteiger partial charge in [-0.15, -0.1) is 0 Å². The maximum Gasteiger partial charge on any atom is 0.288 e. The van der Waals surface area contributed by atoms with Crippen LogP contribution < -0.4 is 5.32 Å². The summed E-state index contributed by atoms with van der Waals surface area (Å²) in [5, 5.41) is 7.01. The van der Waals surface area contributed by atoms with Gasteiger partial charge >= 0.3 is 0 Å². The maximum absolute atomic E-state index is 12.6. The van der Waals surface area contributed by atoms with Gasteiger partial charge < -0.3 is 5.32 Å². The fraction of sp³-hybridized carbons (Fsp3) is 0.389. The molecule has 0 aliphatic carbocycles. The topological polar surface area (TPSA) is 35.6 Å². The Kier molecular flexibility index (Phi) is 7.01. The van der Waals surface area contributed by atoms with E-state index < -0.39 is 5.76 Å². The van der Waals surface area contributed by atoms with Crippen molar-refractivity contribution in [2.75, 3.05) is 38.0 Å². The number of piperazine rings is 1. The highest BCUT2D eigenvalue weighted by Gasteiger charge is 2.20. The molecule has 0 saturated carbocycles. The van der Waals surface area contributed by atoms with E-state index in [4.69, 9.17) is 0 Å². The van der Waals surface area contributed by atoms with Crippen LogP contribution in [0.5, 0.6) is 0 Å². The minimum atomic E-state index is -2.51. The van der Waals surface area contributed by atoms with Crippen LogP contribution in [-0.2, 0) is 11.3 Å². The molecule has 1 aliphatic heterocycles. The van der Waals surface area contributed by atoms with E-state index in [0.29, 0.717) is 22.3 Å². The summed E-state index contributed by atoms with van der Waals surface area (Å²) in [4.78, 5) is 17.2. The average Bonchev–Trinajstić information content (AvgIpc) is 3.11. The number of rotatable bonds is 7. The molecule has 0 unspecified atom stereocenters. The first-order chi connectivity index (χ1) is 12.6. The number of thiophene rings is 1. The average molecular weight is 398 g/mol. The first-order valence-electron chi connectivity index (χ1n) is 8.39. The van der Waals surface area contributed by atoms with Gasteiger partial charge in [-0.2, -0.15) is 20.1 Å². The summed E-state index contributed by atoms with van der Waals surface area (Å²) in [5.41, 5.74) is 1.77. The summed E-state index contributed by atoms with van der Waals surface area (Å²) in [7, 11) is 0. The summed E-state index contributed by atoms with van der Waals surface area (Å²) in [5.74, 6) is -2.68. The highest BCUT2D eigenvalue weighted by Crippen LogP contribution is 2.31. The molecule has 1 amide bonds. The molecule has 0 bridgehead atoms. The van der Waals surface area contributed by atoms with Gasteiger partial charge in [0, 0.05) is 37.6 Å². The predicted molar refractivity (Wildman–Crippen MR) is 103 cm³/mol. The van der Waals surface area contributed by atoms with Crippen LogP contribution in [0.3, 0.4) is 0 Å². The second kappa shape index (κ2) is 9.45. The molecule has 2 aromatic rings. The number of amides is 1. The zero-order valence-corrected chi connectivity index (χ0v) is 15.9. The van der Waals surface area contributed by atoms with Gasteiger partial charge in [0.25, 0.3) is 5.76 Å². The lowest BCUT2D eigenvalue weighted by Crippen LogP contribution is -2.48. The lowest BCUT2D eigenvalue weighted by molar-refractivity contribution is -0.117. The van der Waals surface area contributed by atoms with Crippen LogP contribution in [-0.4, -0.2) is 54.2 Å². The molecule has 3 rings (SSSR count). The molecule has 0 spiro atoms. The molecule has 140 valence electrons. The van der Waals surface area contributed by atoms with Crippen molar-refractivity contribution in [1.29, 1.82) is 0 Å². The number of thioether (sulfide) groups is 1. The third kappa shape index (κ3) is 5.77. The van der Waals surface area contributed by atoms with Gasteiger partial charge in [0.1, 0.15) is 0 Å². The summed E-state index contributed by atoms with van der Waals surface area (Å²) in [6, 6.07) is 8.80. The Morgan fingerprint density at radius 2 is 1.88 bits per heavy atom. The number of carbonyl (C=O) groups is 1. The first-order valence-corrected chi connectivity index (χ1v) is 10.2. The van der Waals surface area contributed by atoms with Crippen molar-refractivity contribution >= 4 is 34.7 Å². The number of hydrogen-bond donors (Lipinski definition) is 1. The molecule has 8 heteroatoms. The van der Waals surface area contributed by atoms with Gasteiger partial charge in [-0.25, -0.2) is 0 Å². The molecule has 1 aromatic heterocycles.